The second-order valence-electron chi connectivity index (χ2n) is 6.98. The van der Waals surface area contributed by atoms with Crippen molar-refractivity contribution >= 4 is 27.3 Å². The van der Waals surface area contributed by atoms with E-state index in [1.54, 1.807) is 24.3 Å². The number of rotatable bonds is 5. The third-order valence-corrected chi connectivity index (χ3v) is 4.78. The van der Waals surface area contributed by atoms with E-state index in [0.29, 0.717) is 11.4 Å². The van der Waals surface area contributed by atoms with E-state index in [4.69, 9.17) is 0 Å². The molecular formula is C17H24N2O3S. The standard InChI is InChI=1S/C17H24N2O3S/c1-11(2)10-12-15(17(12,3)4)16(20)18-13-8-6-7-9-14(13)19-23(5,21)22/h6-10,12,15,19H,1-5H3,(H,18,20)/t12-,15-/m0/s1. The van der Waals surface area contributed by atoms with Gasteiger partial charge in [0, 0.05) is 0 Å². The van der Waals surface area contributed by atoms with Crippen LogP contribution >= 0.6 is 0 Å². The van der Waals surface area contributed by atoms with E-state index in [1.807, 2.05) is 13.8 Å². The molecule has 0 unspecified atom stereocenters. The average Bonchev–Trinajstić information content (AvgIpc) is 2.90. The van der Waals surface area contributed by atoms with Crippen molar-refractivity contribution in [2.45, 2.75) is 27.7 Å². The van der Waals surface area contributed by atoms with Crippen LogP contribution in [0, 0.1) is 17.3 Å². The number of hydrogen-bond donors (Lipinski definition) is 2. The Morgan fingerprint density at radius 3 is 2.26 bits per heavy atom. The molecule has 1 aliphatic rings. The van der Waals surface area contributed by atoms with Crippen LogP contribution in [-0.2, 0) is 14.8 Å². The van der Waals surface area contributed by atoms with E-state index < -0.39 is 10.0 Å². The van der Waals surface area contributed by atoms with Gasteiger partial charge in [0.05, 0.1) is 23.5 Å². The number of carbonyl (C=O) groups is 1. The fourth-order valence-electron chi connectivity index (χ4n) is 2.94. The molecule has 126 valence electrons. The number of benzene rings is 1. The van der Waals surface area contributed by atoms with Gasteiger partial charge in [-0.3, -0.25) is 9.52 Å². The predicted molar refractivity (Wildman–Crippen MR) is 93.7 cm³/mol. The first-order valence-corrected chi connectivity index (χ1v) is 9.44. The molecule has 1 fully saturated rings. The molecule has 0 saturated heterocycles. The van der Waals surface area contributed by atoms with Gasteiger partial charge in [0.1, 0.15) is 0 Å². The summed E-state index contributed by atoms with van der Waals surface area (Å²) in [4.78, 5) is 12.6. The van der Waals surface area contributed by atoms with Gasteiger partial charge in [0.15, 0.2) is 0 Å². The molecule has 2 N–H and O–H groups in total. The minimum atomic E-state index is -3.40. The summed E-state index contributed by atoms with van der Waals surface area (Å²) in [5, 5.41) is 2.86. The first-order chi connectivity index (χ1) is 10.5. The molecular weight excluding hydrogens is 312 g/mol. The molecule has 1 amide bonds. The lowest BCUT2D eigenvalue weighted by molar-refractivity contribution is -0.118. The summed E-state index contributed by atoms with van der Waals surface area (Å²) in [6.07, 6.45) is 3.21. The Morgan fingerprint density at radius 1 is 1.17 bits per heavy atom. The molecule has 6 heteroatoms. The zero-order valence-corrected chi connectivity index (χ0v) is 15.0. The van der Waals surface area contributed by atoms with Crippen molar-refractivity contribution in [3.05, 3.63) is 35.9 Å². The molecule has 1 aliphatic carbocycles. The lowest BCUT2D eigenvalue weighted by atomic mass is 10.1. The fourth-order valence-corrected chi connectivity index (χ4v) is 3.52. The number of sulfonamides is 1. The van der Waals surface area contributed by atoms with E-state index in [1.165, 1.54) is 5.57 Å². The molecule has 1 aromatic carbocycles. The van der Waals surface area contributed by atoms with Crippen LogP contribution in [0.4, 0.5) is 11.4 Å². The maximum absolute atomic E-state index is 12.6. The summed E-state index contributed by atoms with van der Waals surface area (Å²) in [5.41, 5.74) is 1.96. The molecule has 1 aromatic rings. The van der Waals surface area contributed by atoms with Gasteiger partial charge in [0.2, 0.25) is 15.9 Å². The Hall–Kier alpha value is -1.82. The normalized spacial score (nSPS) is 22.1. The van der Waals surface area contributed by atoms with Crippen molar-refractivity contribution in [2.24, 2.45) is 17.3 Å². The molecule has 0 spiro atoms. The fraction of sp³-hybridized carbons (Fsp3) is 0.471. The molecule has 1 saturated carbocycles. The van der Waals surface area contributed by atoms with Crippen LogP contribution in [0.5, 0.6) is 0 Å². The van der Waals surface area contributed by atoms with Crippen molar-refractivity contribution in [1.82, 2.24) is 0 Å². The van der Waals surface area contributed by atoms with Gasteiger partial charge >= 0.3 is 0 Å². The Labute approximate surface area is 138 Å². The molecule has 23 heavy (non-hydrogen) atoms. The molecule has 2 rings (SSSR count). The first kappa shape index (κ1) is 17.5. The molecule has 0 radical (unpaired) electrons. The second kappa shape index (κ2) is 6.00. The summed E-state index contributed by atoms with van der Waals surface area (Å²) >= 11 is 0. The quantitative estimate of drug-likeness (QED) is 0.811. The second-order valence-corrected chi connectivity index (χ2v) is 8.73. The third-order valence-electron chi connectivity index (χ3n) is 4.19. The zero-order chi connectivity index (χ0) is 17.4. The number of anilines is 2. The molecule has 0 aliphatic heterocycles. The number of amides is 1. The highest BCUT2D eigenvalue weighted by Crippen LogP contribution is 2.59. The van der Waals surface area contributed by atoms with Crippen molar-refractivity contribution in [1.29, 1.82) is 0 Å². The maximum atomic E-state index is 12.6. The first-order valence-electron chi connectivity index (χ1n) is 7.55. The minimum Gasteiger partial charge on any atom is -0.324 e. The van der Waals surface area contributed by atoms with Gasteiger partial charge in [-0.15, -0.1) is 0 Å². The lowest BCUT2D eigenvalue weighted by Gasteiger charge is -2.12. The largest absolute Gasteiger partial charge is 0.324 e. The number of allylic oxidation sites excluding steroid dienone is 2. The molecule has 0 heterocycles. The van der Waals surface area contributed by atoms with Gasteiger partial charge in [-0.25, -0.2) is 8.42 Å². The van der Waals surface area contributed by atoms with Crippen LogP contribution in [0.3, 0.4) is 0 Å². The van der Waals surface area contributed by atoms with E-state index in [0.717, 1.165) is 6.26 Å². The van der Waals surface area contributed by atoms with Gasteiger partial charge in [-0.2, -0.15) is 0 Å². The smallest absolute Gasteiger partial charge is 0.229 e. The molecule has 5 nitrogen and oxygen atoms in total. The molecule has 0 aromatic heterocycles. The van der Waals surface area contributed by atoms with E-state index in [2.05, 4.69) is 30.0 Å². The summed E-state index contributed by atoms with van der Waals surface area (Å²) in [6, 6.07) is 6.80. The Kier molecular flexibility index (Phi) is 4.57. The third kappa shape index (κ3) is 4.13. The Morgan fingerprint density at radius 2 is 1.74 bits per heavy atom. The number of para-hydroxylation sites is 2. The Bertz CT molecular complexity index is 747. The summed E-state index contributed by atoms with van der Waals surface area (Å²) in [6.45, 7) is 8.19. The molecule has 0 bridgehead atoms. The van der Waals surface area contributed by atoms with E-state index in [9.17, 15) is 13.2 Å². The van der Waals surface area contributed by atoms with Gasteiger partial charge in [0.25, 0.3) is 0 Å². The number of nitrogens with one attached hydrogen (secondary N) is 2. The van der Waals surface area contributed by atoms with Gasteiger partial charge in [-0.05, 0) is 37.3 Å². The minimum absolute atomic E-state index is 0.0828. The predicted octanol–water partition coefficient (Wildman–Crippen LogP) is 3.24. The van der Waals surface area contributed by atoms with Crippen LogP contribution < -0.4 is 10.0 Å². The van der Waals surface area contributed by atoms with Gasteiger partial charge < -0.3 is 5.32 Å². The lowest BCUT2D eigenvalue weighted by Crippen LogP contribution is -2.19. The van der Waals surface area contributed by atoms with Gasteiger partial charge in [-0.1, -0.05) is 37.6 Å². The van der Waals surface area contributed by atoms with Crippen LogP contribution in [0.15, 0.2) is 35.9 Å². The Balaban J connectivity index is 2.18. The highest BCUT2D eigenvalue weighted by Gasteiger charge is 2.60. The summed E-state index contributed by atoms with van der Waals surface area (Å²) in [7, 11) is -3.40. The van der Waals surface area contributed by atoms with Crippen LogP contribution in [-0.4, -0.2) is 20.6 Å². The van der Waals surface area contributed by atoms with Crippen molar-refractivity contribution < 1.29 is 13.2 Å². The maximum Gasteiger partial charge on any atom is 0.229 e. The van der Waals surface area contributed by atoms with E-state index in [-0.39, 0.29) is 23.2 Å². The monoisotopic (exact) mass is 336 g/mol. The number of hydrogen-bond acceptors (Lipinski definition) is 3. The topological polar surface area (TPSA) is 75.3 Å². The van der Waals surface area contributed by atoms with Crippen molar-refractivity contribution in [3.63, 3.8) is 0 Å². The number of carbonyl (C=O) groups excluding carboxylic acids is 1. The summed E-state index contributed by atoms with van der Waals surface area (Å²) < 4.78 is 25.3. The van der Waals surface area contributed by atoms with Crippen LogP contribution in [0.2, 0.25) is 0 Å². The van der Waals surface area contributed by atoms with Crippen LogP contribution in [0.1, 0.15) is 27.7 Å². The summed E-state index contributed by atoms with van der Waals surface area (Å²) in [5.74, 6) is 0.0199. The highest BCUT2D eigenvalue weighted by atomic mass is 32.2. The highest BCUT2D eigenvalue weighted by molar-refractivity contribution is 7.92. The SMILES string of the molecule is CC(C)=C[C@H]1[C@@H](C(=O)Nc2ccccc2NS(C)(=O)=O)C1(C)C. The zero-order valence-electron chi connectivity index (χ0n) is 14.2. The van der Waals surface area contributed by atoms with Crippen molar-refractivity contribution in [3.8, 4) is 0 Å². The van der Waals surface area contributed by atoms with Crippen LogP contribution in [0.25, 0.3) is 0 Å². The van der Waals surface area contributed by atoms with E-state index >= 15 is 0 Å². The molecule has 2 atom stereocenters. The average molecular weight is 336 g/mol. The van der Waals surface area contributed by atoms with Crippen molar-refractivity contribution in [2.75, 3.05) is 16.3 Å².